The van der Waals surface area contributed by atoms with Crippen molar-refractivity contribution in [2.45, 2.75) is 32.5 Å². The number of nitrogens with one attached hydrogen (secondary N) is 2. The fraction of sp³-hybridized carbons (Fsp3) is 0.364. The SMILES string of the molecule is Cc1ccc(CNC(=O)NCc2nc3cccc(Cl)c3n2C)c(OC2CCOC2)c1. The Labute approximate surface area is 180 Å². The topological polar surface area (TPSA) is 77.4 Å². The third-order valence-electron chi connectivity index (χ3n) is 5.19. The summed E-state index contributed by atoms with van der Waals surface area (Å²) in [5.74, 6) is 1.52. The summed E-state index contributed by atoms with van der Waals surface area (Å²) in [5, 5.41) is 6.39. The lowest BCUT2D eigenvalue weighted by atomic mass is 10.1. The van der Waals surface area contributed by atoms with Crippen molar-refractivity contribution in [3.8, 4) is 5.75 Å². The van der Waals surface area contributed by atoms with E-state index in [2.05, 4.69) is 15.6 Å². The lowest BCUT2D eigenvalue weighted by molar-refractivity contribution is 0.140. The van der Waals surface area contributed by atoms with Crippen molar-refractivity contribution < 1.29 is 14.3 Å². The smallest absolute Gasteiger partial charge is 0.315 e. The summed E-state index contributed by atoms with van der Waals surface area (Å²) in [4.78, 5) is 16.9. The van der Waals surface area contributed by atoms with E-state index in [0.29, 0.717) is 24.7 Å². The van der Waals surface area contributed by atoms with Crippen molar-refractivity contribution in [1.82, 2.24) is 20.2 Å². The summed E-state index contributed by atoms with van der Waals surface area (Å²) in [7, 11) is 1.89. The second-order valence-electron chi connectivity index (χ2n) is 7.45. The average Bonchev–Trinajstić information content (AvgIpc) is 3.34. The van der Waals surface area contributed by atoms with Crippen LogP contribution in [0, 0.1) is 6.92 Å². The molecule has 158 valence electrons. The number of rotatable bonds is 6. The fourth-order valence-corrected chi connectivity index (χ4v) is 3.82. The molecule has 0 saturated carbocycles. The molecule has 0 aliphatic carbocycles. The van der Waals surface area contributed by atoms with Crippen molar-refractivity contribution in [2.24, 2.45) is 7.05 Å². The van der Waals surface area contributed by atoms with Gasteiger partial charge in [-0.15, -0.1) is 0 Å². The van der Waals surface area contributed by atoms with E-state index in [9.17, 15) is 4.79 Å². The van der Waals surface area contributed by atoms with Gasteiger partial charge in [0, 0.05) is 25.6 Å². The molecule has 4 rings (SSSR count). The highest BCUT2D eigenvalue weighted by Crippen LogP contribution is 2.24. The van der Waals surface area contributed by atoms with Gasteiger partial charge in [-0.3, -0.25) is 0 Å². The Morgan fingerprint density at radius 1 is 1.30 bits per heavy atom. The standard InChI is InChI=1S/C22H25ClN4O3/c1-14-6-7-15(19(10-14)30-16-8-9-29-13-16)11-24-22(28)25-12-20-26-18-5-3-4-17(23)21(18)27(20)2/h3-7,10,16H,8-9,11-13H2,1-2H3,(H2,24,25,28). The average molecular weight is 429 g/mol. The Hall–Kier alpha value is -2.77. The van der Waals surface area contributed by atoms with E-state index >= 15 is 0 Å². The highest BCUT2D eigenvalue weighted by molar-refractivity contribution is 6.35. The first-order valence-electron chi connectivity index (χ1n) is 9.96. The molecule has 1 fully saturated rings. The van der Waals surface area contributed by atoms with E-state index in [1.807, 2.05) is 54.9 Å². The zero-order valence-corrected chi connectivity index (χ0v) is 17.8. The first-order chi connectivity index (χ1) is 14.5. The Bertz CT molecular complexity index is 1060. The Morgan fingerprint density at radius 3 is 2.90 bits per heavy atom. The number of fused-ring (bicyclic) bond motifs is 1. The van der Waals surface area contributed by atoms with Crippen molar-refractivity contribution in [3.63, 3.8) is 0 Å². The van der Waals surface area contributed by atoms with Crippen LogP contribution in [0.4, 0.5) is 4.79 Å². The van der Waals surface area contributed by atoms with E-state index in [1.165, 1.54) is 0 Å². The number of carbonyl (C=O) groups excluding carboxylic acids is 1. The maximum Gasteiger partial charge on any atom is 0.315 e. The van der Waals surface area contributed by atoms with E-state index in [-0.39, 0.29) is 12.1 Å². The molecule has 1 unspecified atom stereocenters. The largest absolute Gasteiger partial charge is 0.488 e. The maximum absolute atomic E-state index is 12.4. The van der Waals surface area contributed by atoms with Crippen LogP contribution in [0.25, 0.3) is 11.0 Å². The number of imidazole rings is 1. The Balaban J connectivity index is 1.36. The quantitative estimate of drug-likeness (QED) is 0.627. The van der Waals surface area contributed by atoms with Crippen LogP contribution in [0.5, 0.6) is 5.75 Å². The van der Waals surface area contributed by atoms with Gasteiger partial charge in [-0.2, -0.15) is 0 Å². The molecule has 1 saturated heterocycles. The molecule has 0 spiro atoms. The number of aryl methyl sites for hydroxylation is 2. The number of hydrogen-bond acceptors (Lipinski definition) is 4. The van der Waals surface area contributed by atoms with Crippen molar-refractivity contribution >= 4 is 28.7 Å². The van der Waals surface area contributed by atoms with Gasteiger partial charge in [0.1, 0.15) is 17.7 Å². The van der Waals surface area contributed by atoms with E-state index in [4.69, 9.17) is 21.1 Å². The number of hydrogen-bond donors (Lipinski definition) is 2. The number of halogens is 1. The van der Waals surface area contributed by atoms with Gasteiger partial charge in [0.05, 0.1) is 35.8 Å². The monoisotopic (exact) mass is 428 g/mol. The molecule has 1 aliphatic rings. The zero-order valence-electron chi connectivity index (χ0n) is 17.1. The third-order valence-corrected chi connectivity index (χ3v) is 5.49. The number of nitrogens with zero attached hydrogens (tertiary/aromatic N) is 2. The predicted octanol–water partition coefficient (Wildman–Crippen LogP) is 3.70. The molecule has 2 amide bonds. The van der Waals surface area contributed by atoms with Gasteiger partial charge in [-0.25, -0.2) is 9.78 Å². The highest BCUT2D eigenvalue weighted by Gasteiger charge is 2.19. The van der Waals surface area contributed by atoms with Crippen LogP contribution in [0.2, 0.25) is 5.02 Å². The summed E-state index contributed by atoms with van der Waals surface area (Å²) >= 11 is 6.26. The number of aromatic nitrogens is 2. The molecule has 2 aromatic carbocycles. The molecule has 30 heavy (non-hydrogen) atoms. The zero-order chi connectivity index (χ0) is 21.1. The molecule has 1 aromatic heterocycles. The summed E-state index contributed by atoms with van der Waals surface area (Å²) in [6.07, 6.45) is 0.937. The minimum Gasteiger partial charge on any atom is -0.488 e. The molecule has 8 heteroatoms. The van der Waals surface area contributed by atoms with Gasteiger partial charge in [0.2, 0.25) is 0 Å². The van der Waals surface area contributed by atoms with Gasteiger partial charge >= 0.3 is 6.03 Å². The number of amides is 2. The molecule has 3 aromatic rings. The molecular formula is C22H25ClN4O3. The molecule has 0 radical (unpaired) electrons. The van der Waals surface area contributed by atoms with E-state index in [0.717, 1.165) is 46.8 Å². The number of ether oxygens (including phenoxy) is 2. The van der Waals surface area contributed by atoms with Crippen molar-refractivity contribution in [1.29, 1.82) is 0 Å². The molecule has 1 atom stereocenters. The number of carbonyl (C=O) groups is 1. The Kier molecular flexibility index (Phi) is 6.11. The van der Waals surface area contributed by atoms with Crippen molar-refractivity contribution in [2.75, 3.05) is 13.2 Å². The van der Waals surface area contributed by atoms with Gasteiger partial charge in [0.15, 0.2) is 0 Å². The van der Waals surface area contributed by atoms with Crippen LogP contribution in [0.1, 0.15) is 23.4 Å². The van der Waals surface area contributed by atoms with Crippen LogP contribution in [0.15, 0.2) is 36.4 Å². The van der Waals surface area contributed by atoms with E-state index in [1.54, 1.807) is 0 Å². The normalized spacial score (nSPS) is 16.0. The molecule has 2 heterocycles. The number of benzene rings is 2. The minimum absolute atomic E-state index is 0.0590. The third kappa shape index (κ3) is 4.52. The molecular weight excluding hydrogens is 404 g/mol. The lowest BCUT2D eigenvalue weighted by Crippen LogP contribution is -2.35. The fourth-order valence-electron chi connectivity index (χ4n) is 3.53. The highest BCUT2D eigenvalue weighted by atomic mass is 35.5. The van der Waals surface area contributed by atoms with Crippen LogP contribution >= 0.6 is 11.6 Å². The lowest BCUT2D eigenvalue weighted by Gasteiger charge is -2.17. The maximum atomic E-state index is 12.4. The molecule has 1 aliphatic heterocycles. The number of para-hydroxylation sites is 1. The van der Waals surface area contributed by atoms with Crippen molar-refractivity contribution in [3.05, 3.63) is 58.4 Å². The van der Waals surface area contributed by atoms with E-state index < -0.39 is 0 Å². The first-order valence-corrected chi connectivity index (χ1v) is 10.3. The first kappa shape index (κ1) is 20.5. The summed E-state index contributed by atoms with van der Waals surface area (Å²) in [5.41, 5.74) is 3.70. The van der Waals surface area contributed by atoms with Gasteiger partial charge in [-0.1, -0.05) is 29.8 Å². The summed E-state index contributed by atoms with van der Waals surface area (Å²) in [6, 6.07) is 11.3. The second-order valence-corrected chi connectivity index (χ2v) is 7.85. The van der Waals surface area contributed by atoms with Crippen LogP contribution in [-0.4, -0.2) is 34.9 Å². The molecule has 7 nitrogen and oxygen atoms in total. The van der Waals surface area contributed by atoms with Crippen LogP contribution in [0.3, 0.4) is 0 Å². The van der Waals surface area contributed by atoms with Gasteiger partial charge < -0.3 is 24.7 Å². The van der Waals surface area contributed by atoms with Gasteiger partial charge in [0.25, 0.3) is 0 Å². The van der Waals surface area contributed by atoms with Crippen LogP contribution < -0.4 is 15.4 Å². The minimum atomic E-state index is -0.274. The molecule has 0 bridgehead atoms. The van der Waals surface area contributed by atoms with Crippen LogP contribution in [-0.2, 0) is 24.9 Å². The second kappa shape index (κ2) is 8.93. The van der Waals surface area contributed by atoms with Gasteiger partial charge in [-0.05, 0) is 30.7 Å². The number of urea groups is 1. The Morgan fingerprint density at radius 2 is 2.13 bits per heavy atom. The molecule has 2 N–H and O–H groups in total. The predicted molar refractivity (Wildman–Crippen MR) is 116 cm³/mol. The summed E-state index contributed by atoms with van der Waals surface area (Å²) in [6.45, 7) is 4.00. The summed E-state index contributed by atoms with van der Waals surface area (Å²) < 4.78 is 13.4.